The first kappa shape index (κ1) is 13.0. The van der Waals surface area contributed by atoms with Gasteiger partial charge in [0.05, 0.1) is 17.3 Å². The molecule has 1 aliphatic carbocycles. The third kappa shape index (κ3) is 2.85. The quantitative estimate of drug-likeness (QED) is 0.473. The minimum Gasteiger partial charge on any atom is -0.266 e. The van der Waals surface area contributed by atoms with E-state index in [1.165, 1.54) is 12.1 Å². The maximum atomic E-state index is 11.1. The van der Waals surface area contributed by atoms with Gasteiger partial charge < -0.3 is 0 Å². The third-order valence-electron chi connectivity index (χ3n) is 3.02. The van der Waals surface area contributed by atoms with E-state index in [2.05, 4.69) is 0 Å². The highest BCUT2D eigenvalue weighted by Gasteiger charge is 2.36. The number of rotatable bonds is 4. The molecule has 0 saturated heterocycles. The van der Waals surface area contributed by atoms with Gasteiger partial charge in [-0.2, -0.15) is 8.42 Å². The van der Waals surface area contributed by atoms with Crippen LogP contribution in [0.4, 0.5) is 5.69 Å². The van der Waals surface area contributed by atoms with Crippen LogP contribution in [0, 0.1) is 10.1 Å². The van der Waals surface area contributed by atoms with E-state index in [0.29, 0.717) is 6.42 Å². The van der Waals surface area contributed by atoms with Gasteiger partial charge in [0.15, 0.2) is 0 Å². The summed E-state index contributed by atoms with van der Waals surface area (Å²) in [4.78, 5) is 10.2. The van der Waals surface area contributed by atoms with Crippen LogP contribution in [-0.4, -0.2) is 25.7 Å². The molecule has 0 aromatic heterocycles. The molecule has 7 heteroatoms. The van der Waals surface area contributed by atoms with E-state index < -0.39 is 21.1 Å². The molecule has 98 valence electrons. The fourth-order valence-corrected chi connectivity index (χ4v) is 2.74. The highest BCUT2D eigenvalue weighted by atomic mass is 32.2. The van der Waals surface area contributed by atoms with E-state index in [1.807, 2.05) is 0 Å². The summed E-state index contributed by atoms with van der Waals surface area (Å²) in [6.45, 7) is 0. The predicted octanol–water partition coefficient (Wildman–Crippen LogP) is 1.82. The average Bonchev–Trinajstić information content (AvgIpc) is 2.24. The Morgan fingerprint density at radius 1 is 1.39 bits per heavy atom. The molecule has 1 saturated carbocycles. The maximum Gasteiger partial charge on any atom is 0.269 e. The number of hydrogen-bond acceptors (Lipinski definition) is 5. The molecule has 2 atom stereocenters. The van der Waals surface area contributed by atoms with Gasteiger partial charge in [0.2, 0.25) is 0 Å². The van der Waals surface area contributed by atoms with E-state index in [1.54, 1.807) is 12.1 Å². The third-order valence-corrected chi connectivity index (χ3v) is 3.62. The molecule has 6 nitrogen and oxygen atoms in total. The van der Waals surface area contributed by atoms with Crippen LogP contribution in [0.2, 0.25) is 0 Å². The van der Waals surface area contributed by atoms with Crippen molar-refractivity contribution in [2.24, 2.45) is 0 Å². The van der Waals surface area contributed by atoms with Gasteiger partial charge in [0.25, 0.3) is 15.8 Å². The highest BCUT2D eigenvalue weighted by molar-refractivity contribution is 7.86. The zero-order chi connectivity index (χ0) is 13.3. The second-order valence-electron chi connectivity index (χ2n) is 4.37. The maximum absolute atomic E-state index is 11.1. The van der Waals surface area contributed by atoms with Gasteiger partial charge in [-0.1, -0.05) is 12.1 Å². The molecule has 0 radical (unpaired) electrons. The van der Waals surface area contributed by atoms with Crippen LogP contribution < -0.4 is 0 Å². The highest BCUT2D eigenvalue weighted by Crippen LogP contribution is 2.40. The lowest BCUT2D eigenvalue weighted by atomic mass is 9.77. The first-order valence-corrected chi connectivity index (χ1v) is 7.31. The molecule has 0 N–H and O–H groups in total. The summed E-state index contributed by atoms with van der Waals surface area (Å²) in [5.74, 6) is -0.0837. The summed E-state index contributed by atoms with van der Waals surface area (Å²) in [6.07, 6.45) is 2.04. The van der Waals surface area contributed by atoms with Crippen molar-refractivity contribution in [3.63, 3.8) is 0 Å². The largest absolute Gasteiger partial charge is 0.269 e. The minimum atomic E-state index is -3.49. The van der Waals surface area contributed by atoms with Crippen LogP contribution in [0.3, 0.4) is 0 Å². The topological polar surface area (TPSA) is 86.5 Å². The minimum absolute atomic E-state index is 0.0116. The lowest BCUT2D eigenvalue weighted by Gasteiger charge is -2.35. The van der Waals surface area contributed by atoms with Gasteiger partial charge >= 0.3 is 0 Å². The summed E-state index contributed by atoms with van der Waals surface area (Å²) in [7, 11) is -3.49. The molecule has 1 aliphatic rings. The number of nitro benzene ring substituents is 1. The van der Waals surface area contributed by atoms with Gasteiger partial charge in [0.1, 0.15) is 0 Å². The number of benzene rings is 1. The van der Waals surface area contributed by atoms with Crippen molar-refractivity contribution in [2.45, 2.75) is 24.9 Å². The van der Waals surface area contributed by atoms with Crippen molar-refractivity contribution in [3.8, 4) is 0 Å². The smallest absolute Gasteiger partial charge is 0.266 e. The second kappa shape index (κ2) is 4.66. The molecule has 2 unspecified atom stereocenters. The average molecular weight is 271 g/mol. The van der Waals surface area contributed by atoms with Crippen LogP contribution in [0.15, 0.2) is 24.3 Å². The Bertz CT molecular complexity index is 569. The normalized spacial score (nSPS) is 23.4. The van der Waals surface area contributed by atoms with E-state index in [0.717, 1.165) is 18.2 Å². The van der Waals surface area contributed by atoms with E-state index >= 15 is 0 Å². The van der Waals surface area contributed by atoms with Crippen molar-refractivity contribution < 1.29 is 17.5 Å². The molecule has 0 heterocycles. The summed E-state index contributed by atoms with van der Waals surface area (Å²) in [5.41, 5.74) is 0.765. The zero-order valence-corrected chi connectivity index (χ0v) is 10.6. The van der Waals surface area contributed by atoms with Gasteiger partial charge in [-0.15, -0.1) is 0 Å². The first-order chi connectivity index (χ1) is 8.37. The van der Waals surface area contributed by atoms with Crippen molar-refractivity contribution in [2.75, 3.05) is 6.26 Å². The lowest BCUT2D eigenvalue weighted by Crippen LogP contribution is -2.33. The summed E-state index contributed by atoms with van der Waals surface area (Å²) in [5, 5.41) is 10.7. The molecule has 0 spiro atoms. The second-order valence-corrected chi connectivity index (χ2v) is 5.98. The van der Waals surface area contributed by atoms with Gasteiger partial charge in [0, 0.05) is 18.1 Å². The Labute approximate surface area is 105 Å². The molecule has 0 bridgehead atoms. The van der Waals surface area contributed by atoms with Crippen LogP contribution in [0.25, 0.3) is 0 Å². The number of nitrogens with zero attached hydrogens (tertiary/aromatic N) is 1. The fourth-order valence-electron chi connectivity index (χ4n) is 2.06. The molecule has 2 rings (SSSR count). The van der Waals surface area contributed by atoms with Crippen molar-refractivity contribution in [1.82, 2.24) is 0 Å². The molecule has 18 heavy (non-hydrogen) atoms. The molecule has 1 aromatic carbocycles. The van der Waals surface area contributed by atoms with Crippen LogP contribution in [0.1, 0.15) is 24.3 Å². The SMILES string of the molecule is CS(=O)(=O)OC1CCC1c1cccc([N+](=O)[O-])c1. The summed E-state index contributed by atoms with van der Waals surface area (Å²) >= 11 is 0. The predicted molar refractivity (Wildman–Crippen MR) is 64.8 cm³/mol. The van der Waals surface area contributed by atoms with Gasteiger partial charge in [-0.3, -0.25) is 14.3 Å². The Hall–Kier alpha value is -1.47. The molecule has 0 aliphatic heterocycles. The van der Waals surface area contributed by atoms with Gasteiger partial charge in [-0.25, -0.2) is 0 Å². The monoisotopic (exact) mass is 271 g/mol. The first-order valence-electron chi connectivity index (χ1n) is 5.49. The van der Waals surface area contributed by atoms with E-state index in [-0.39, 0.29) is 11.6 Å². The summed E-state index contributed by atoms with van der Waals surface area (Å²) < 4.78 is 27.1. The van der Waals surface area contributed by atoms with Gasteiger partial charge in [-0.05, 0) is 18.4 Å². The number of hydrogen-bond donors (Lipinski definition) is 0. The Balaban J connectivity index is 2.17. The number of nitro groups is 1. The van der Waals surface area contributed by atoms with Crippen molar-refractivity contribution >= 4 is 15.8 Å². The Kier molecular flexibility index (Phi) is 3.36. The fraction of sp³-hybridized carbons (Fsp3) is 0.455. The van der Waals surface area contributed by atoms with Crippen LogP contribution in [0.5, 0.6) is 0 Å². The van der Waals surface area contributed by atoms with Crippen molar-refractivity contribution in [1.29, 1.82) is 0 Å². The lowest BCUT2D eigenvalue weighted by molar-refractivity contribution is -0.384. The molecular weight excluding hydrogens is 258 g/mol. The van der Waals surface area contributed by atoms with Crippen LogP contribution in [-0.2, 0) is 14.3 Å². The Morgan fingerprint density at radius 2 is 2.11 bits per heavy atom. The molecule has 1 fully saturated rings. The van der Waals surface area contributed by atoms with Crippen molar-refractivity contribution in [3.05, 3.63) is 39.9 Å². The Morgan fingerprint density at radius 3 is 2.61 bits per heavy atom. The zero-order valence-electron chi connectivity index (χ0n) is 9.78. The molecule has 1 aromatic rings. The number of non-ortho nitro benzene ring substituents is 1. The standard InChI is InChI=1S/C11H13NO5S/c1-18(15,16)17-11-6-5-10(11)8-3-2-4-9(7-8)12(13)14/h2-4,7,10-11H,5-6H2,1H3. The van der Waals surface area contributed by atoms with Crippen LogP contribution >= 0.6 is 0 Å². The molecule has 0 amide bonds. The summed E-state index contributed by atoms with van der Waals surface area (Å²) in [6, 6.07) is 6.25. The molecular formula is C11H13NO5S. The van der Waals surface area contributed by atoms with E-state index in [9.17, 15) is 18.5 Å². The van der Waals surface area contributed by atoms with E-state index in [4.69, 9.17) is 4.18 Å².